The maximum atomic E-state index is 4.14. The highest BCUT2D eigenvalue weighted by atomic mass is 15.0. The Bertz CT molecular complexity index is 549. The number of fused-ring (bicyclic) bond motifs is 3. The highest BCUT2D eigenvalue weighted by Crippen LogP contribution is 2.32. The molecule has 0 radical (unpaired) electrons. The number of aryl methyl sites for hydroxylation is 1. The molecular formula is C13H14N2. The van der Waals surface area contributed by atoms with Crippen molar-refractivity contribution in [2.24, 2.45) is 7.05 Å². The van der Waals surface area contributed by atoms with Crippen LogP contribution in [0, 0.1) is 0 Å². The van der Waals surface area contributed by atoms with Crippen molar-refractivity contribution in [1.29, 1.82) is 0 Å². The fraction of sp³-hybridized carbons (Fsp3) is 0.231. The summed E-state index contributed by atoms with van der Waals surface area (Å²) in [5.74, 6) is 0. The van der Waals surface area contributed by atoms with E-state index in [4.69, 9.17) is 0 Å². The Morgan fingerprint density at radius 1 is 1.27 bits per heavy atom. The van der Waals surface area contributed by atoms with Crippen LogP contribution in [0.15, 0.2) is 30.8 Å². The molecule has 2 aromatic rings. The van der Waals surface area contributed by atoms with E-state index in [2.05, 4.69) is 47.8 Å². The molecule has 0 unspecified atom stereocenters. The van der Waals surface area contributed by atoms with Gasteiger partial charge >= 0.3 is 0 Å². The second-order valence-electron chi connectivity index (χ2n) is 4.10. The first kappa shape index (κ1) is 8.74. The van der Waals surface area contributed by atoms with E-state index in [0.717, 1.165) is 13.1 Å². The van der Waals surface area contributed by atoms with Gasteiger partial charge in [0.2, 0.25) is 0 Å². The van der Waals surface area contributed by atoms with Crippen molar-refractivity contribution in [2.75, 3.05) is 6.54 Å². The number of benzene rings is 1. The van der Waals surface area contributed by atoms with Gasteiger partial charge in [0.1, 0.15) is 0 Å². The summed E-state index contributed by atoms with van der Waals surface area (Å²) in [5, 5.41) is 4.71. The Morgan fingerprint density at radius 2 is 2.07 bits per heavy atom. The Labute approximate surface area is 89.2 Å². The first-order valence-corrected chi connectivity index (χ1v) is 5.24. The van der Waals surface area contributed by atoms with Gasteiger partial charge < -0.3 is 9.88 Å². The Kier molecular flexibility index (Phi) is 1.73. The van der Waals surface area contributed by atoms with E-state index in [-0.39, 0.29) is 0 Å². The summed E-state index contributed by atoms with van der Waals surface area (Å²) in [5.41, 5.74) is 5.21. The van der Waals surface area contributed by atoms with Crippen molar-refractivity contribution in [3.05, 3.63) is 42.1 Å². The summed E-state index contributed by atoms with van der Waals surface area (Å²) in [6, 6.07) is 8.54. The summed E-state index contributed by atoms with van der Waals surface area (Å²) in [6.45, 7) is 5.99. The van der Waals surface area contributed by atoms with Gasteiger partial charge in [-0.3, -0.25) is 0 Å². The molecule has 0 aliphatic carbocycles. The average Bonchev–Trinajstić information content (AvgIpc) is 2.55. The van der Waals surface area contributed by atoms with E-state index in [0.29, 0.717) is 0 Å². The van der Waals surface area contributed by atoms with E-state index >= 15 is 0 Å². The van der Waals surface area contributed by atoms with Gasteiger partial charge in [-0.25, -0.2) is 0 Å². The van der Waals surface area contributed by atoms with Gasteiger partial charge in [0.25, 0.3) is 0 Å². The van der Waals surface area contributed by atoms with Crippen LogP contribution < -0.4 is 5.32 Å². The number of nitrogens with one attached hydrogen (secondary N) is 1. The first-order chi connectivity index (χ1) is 7.29. The standard InChI is InChI=1S/C13H14N2/c1-9-7-14-8-12-13(9)10-5-3-4-6-11(10)15(12)2/h3-6,14H,1,7-8H2,2H3. The van der Waals surface area contributed by atoms with E-state index in [1.54, 1.807) is 0 Å². The van der Waals surface area contributed by atoms with Gasteiger partial charge in [0.15, 0.2) is 0 Å². The van der Waals surface area contributed by atoms with Crippen LogP contribution in [-0.2, 0) is 13.6 Å². The minimum atomic E-state index is 0.904. The molecule has 1 aromatic heterocycles. The lowest BCUT2D eigenvalue weighted by molar-refractivity contribution is 0.693. The average molecular weight is 198 g/mol. The summed E-state index contributed by atoms with van der Waals surface area (Å²) in [7, 11) is 2.13. The highest BCUT2D eigenvalue weighted by molar-refractivity contribution is 5.95. The molecule has 0 spiro atoms. The molecule has 1 aromatic carbocycles. The predicted octanol–water partition coefficient (Wildman–Crippen LogP) is 2.29. The third-order valence-electron chi connectivity index (χ3n) is 3.21. The SMILES string of the molecule is C=C1CNCc2c1c1ccccc1n2C. The molecule has 0 bridgehead atoms. The molecule has 0 fully saturated rings. The zero-order valence-corrected chi connectivity index (χ0v) is 8.88. The molecular weight excluding hydrogens is 184 g/mol. The van der Waals surface area contributed by atoms with Crippen molar-refractivity contribution in [3.8, 4) is 0 Å². The monoisotopic (exact) mass is 198 g/mol. The molecule has 0 saturated heterocycles. The normalized spacial score (nSPS) is 15.7. The third-order valence-corrected chi connectivity index (χ3v) is 3.21. The van der Waals surface area contributed by atoms with Crippen molar-refractivity contribution < 1.29 is 0 Å². The van der Waals surface area contributed by atoms with Crippen LogP contribution in [0.3, 0.4) is 0 Å². The van der Waals surface area contributed by atoms with Gasteiger partial charge in [-0.2, -0.15) is 0 Å². The van der Waals surface area contributed by atoms with Crippen LogP contribution >= 0.6 is 0 Å². The second-order valence-corrected chi connectivity index (χ2v) is 4.10. The van der Waals surface area contributed by atoms with Crippen molar-refractivity contribution >= 4 is 16.5 Å². The summed E-state index contributed by atoms with van der Waals surface area (Å²) < 4.78 is 2.27. The molecule has 1 aliphatic heterocycles. The van der Waals surface area contributed by atoms with Crippen LogP contribution in [0.4, 0.5) is 0 Å². The van der Waals surface area contributed by atoms with Crippen LogP contribution in [-0.4, -0.2) is 11.1 Å². The molecule has 3 rings (SSSR count). The molecule has 15 heavy (non-hydrogen) atoms. The number of rotatable bonds is 0. The lowest BCUT2D eigenvalue weighted by Crippen LogP contribution is -2.23. The lowest BCUT2D eigenvalue weighted by Gasteiger charge is -2.17. The van der Waals surface area contributed by atoms with Gasteiger partial charge in [0, 0.05) is 42.3 Å². The number of nitrogens with zero attached hydrogens (tertiary/aromatic N) is 1. The number of para-hydroxylation sites is 1. The molecule has 76 valence electrons. The fourth-order valence-corrected chi connectivity index (χ4v) is 2.47. The number of aromatic nitrogens is 1. The third kappa shape index (κ3) is 1.08. The summed E-state index contributed by atoms with van der Waals surface area (Å²) >= 11 is 0. The maximum absolute atomic E-state index is 4.14. The van der Waals surface area contributed by atoms with E-state index in [1.807, 2.05) is 0 Å². The minimum Gasteiger partial charge on any atom is -0.346 e. The van der Waals surface area contributed by atoms with Crippen LogP contribution in [0.5, 0.6) is 0 Å². The topological polar surface area (TPSA) is 17.0 Å². The lowest BCUT2D eigenvalue weighted by atomic mass is 10.0. The molecule has 1 N–H and O–H groups in total. The Balaban J connectivity index is 2.46. The highest BCUT2D eigenvalue weighted by Gasteiger charge is 2.19. The van der Waals surface area contributed by atoms with Crippen LogP contribution in [0.1, 0.15) is 11.3 Å². The van der Waals surface area contributed by atoms with Gasteiger partial charge in [-0.15, -0.1) is 0 Å². The quantitative estimate of drug-likeness (QED) is 0.687. The van der Waals surface area contributed by atoms with E-state index in [9.17, 15) is 0 Å². The van der Waals surface area contributed by atoms with Gasteiger partial charge in [-0.05, 0) is 11.6 Å². The number of hydrogen-bond donors (Lipinski definition) is 1. The Hall–Kier alpha value is -1.54. The fourth-order valence-electron chi connectivity index (χ4n) is 2.47. The van der Waals surface area contributed by atoms with E-state index in [1.165, 1.54) is 27.7 Å². The predicted molar refractivity (Wildman–Crippen MR) is 63.7 cm³/mol. The van der Waals surface area contributed by atoms with Crippen molar-refractivity contribution in [2.45, 2.75) is 6.54 Å². The van der Waals surface area contributed by atoms with Crippen molar-refractivity contribution in [1.82, 2.24) is 9.88 Å². The van der Waals surface area contributed by atoms with Gasteiger partial charge in [-0.1, -0.05) is 24.8 Å². The largest absolute Gasteiger partial charge is 0.346 e. The molecule has 2 heterocycles. The summed E-state index contributed by atoms with van der Waals surface area (Å²) in [4.78, 5) is 0. The van der Waals surface area contributed by atoms with Crippen LogP contribution in [0.25, 0.3) is 16.5 Å². The Morgan fingerprint density at radius 3 is 2.93 bits per heavy atom. The van der Waals surface area contributed by atoms with Gasteiger partial charge in [0.05, 0.1) is 0 Å². The van der Waals surface area contributed by atoms with E-state index < -0.39 is 0 Å². The smallest absolute Gasteiger partial charge is 0.0486 e. The molecule has 0 saturated carbocycles. The molecule has 2 nitrogen and oxygen atoms in total. The zero-order valence-electron chi connectivity index (χ0n) is 8.88. The molecule has 0 atom stereocenters. The minimum absolute atomic E-state index is 0.904. The van der Waals surface area contributed by atoms with Crippen LogP contribution in [0.2, 0.25) is 0 Å². The molecule has 2 heteroatoms. The van der Waals surface area contributed by atoms with Crippen molar-refractivity contribution in [3.63, 3.8) is 0 Å². The molecule has 1 aliphatic rings. The first-order valence-electron chi connectivity index (χ1n) is 5.24. The molecule has 0 amide bonds. The zero-order chi connectivity index (χ0) is 10.4. The summed E-state index contributed by atoms with van der Waals surface area (Å²) in [6.07, 6.45) is 0. The number of hydrogen-bond acceptors (Lipinski definition) is 1. The maximum Gasteiger partial charge on any atom is 0.0486 e. The second kappa shape index (κ2) is 2.97.